The van der Waals surface area contributed by atoms with Crippen molar-refractivity contribution in [2.75, 3.05) is 11.9 Å². The molecule has 10 heteroatoms. The van der Waals surface area contributed by atoms with Crippen LogP contribution in [0.1, 0.15) is 33.3 Å². The Labute approximate surface area is 173 Å². The fourth-order valence-electron chi connectivity index (χ4n) is 2.50. The monoisotopic (exact) mass is 423 g/mol. The molecule has 1 aromatic carbocycles. The number of benzene rings is 1. The van der Waals surface area contributed by atoms with E-state index >= 15 is 0 Å². The average molecular weight is 423 g/mol. The van der Waals surface area contributed by atoms with Crippen LogP contribution in [0.3, 0.4) is 0 Å². The van der Waals surface area contributed by atoms with Crippen molar-refractivity contribution in [3.05, 3.63) is 29.8 Å². The molecule has 0 saturated carbocycles. The minimum Gasteiger partial charge on any atom is -0.462 e. The molecule has 0 aliphatic carbocycles. The summed E-state index contributed by atoms with van der Waals surface area (Å²) in [6, 6.07) is 6.84. The van der Waals surface area contributed by atoms with Gasteiger partial charge < -0.3 is 24.3 Å². The third-order valence-corrected chi connectivity index (χ3v) is 3.69. The molecule has 0 unspecified atom stereocenters. The molecule has 10 nitrogen and oxygen atoms in total. The molecule has 0 radical (unpaired) electrons. The van der Waals surface area contributed by atoms with Crippen molar-refractivity contribution in [3.63, 3.8) is 0 Å². The summed E-state index contributed by atoms with van der Waals surface area (Å²) in [5, 5.41) is 2.59. The van der Waals surface area contributed by atoms with E-state index in [-0.39, 0.29) is 0 Å². The molecule has 1 amide bonds. The van der Waals surface area contributed by atoms with Gasteiger partial charge >= 0.3 is 23.9 Å². The van der Waals surface area contributed by atoms with Crippen LogP contribution in [0.5, 0.6) is 0 Å². The van der Waals surface area contributed by atoms with Crippen molar-refractivity contribution in [1.29, 1.82) is 0 Å². The predicted octanol–water partition coefficient (Wildman–Crippen LogP) is 1.29. The highest BCUT2D eigenvalue weighted by Gasteiger charge is 2.42. The molecule has 1 rings (SSSR count). The van der Waals surface area contributed by atoms with Gasteiger partial charge in [0.2, 0.25) is 6.10 Å². The SMILES string of the molecule is CC(=O)OC[C@H](OC(C)=O)[C@@H](OC(C)=O)[C@@H](OC(C)=O)C(=O)Nc1ccccc1C. The Hall–Kier alpha value is -3.43. The van der Waals surface area contributed by atoms with Gasteiger partial charge in [0.1, 0.15) is 6.61 Å². The lowest BCUT2D eigenvalue weighted by molar-refractivity contribution is -0.190. The van der Waals surface area contributed by atoms with Gasteiger partial charge in [0.15, 0.2) is 12.2 Å². The maximum atomic E-state index is 12.9. The molecule has 0 aliphatic rings. The summed E-state index contributed by atoms with van der Waals surface area (Å²) in [4.78, 5) is 59.0. The highest BCUT2D eigenvalue weighted by Crippen LogP contribution is 2.19. The van der Waals surface area contributed by atoms with Crippen LogP contribution in [0.15, 0.2) is 24.3 Å². The summed E-state index contributed by atoms with van der Waals surface area (Å²) in [7, 11) is 0. The molecule has 0 fully saturated rings. The Morgan fingerprint density at radius 2 is 1.40 bits per heavy atom. The van der Waals surface area contributed by atoms with Gasteiger partial charge in [0.25, 0.3) is 5.91 Å². The number of hydrogen-bond donors (Lipinski definition) is 1. The van der Waals surface area contributed by atoms with E-state index in [4.69, 9.17) is 18.9 Å². The number of anilines is 1. The highest BCUT2D eigenvalue weighted by molar-refractivity contribution is 5.96. The van der Waals surface area contributed by atoms with Crippen LogP contribution in [0.4, 0.5) is 5.69 Å². The fraction of sp³-hybridized carbons (Fsp3) is 0.450. The van der Waals surface area contributed by atoms with E-state index < -0.39 is 54.7 Å². The molecule has 3 atom stereocenters. The van der Waals surface area contributed by atoms with Crippen LogP contribution in [-0.2, 0) is 42.9 Å². The topological polar surface area (TPSA) is 134 Å². The van der Waals surface area contributed by atoms with Gasteiger partial charge in [-0.3, -0.25) is 24.0 Å². The predicted molar refractivity (Wildman–Crippen MR) is 103 cm³/mol. The largest absolute Gasteiger partial charge is 0.462 e. The van der Waals surface area contributed by atoms with E-state index in [0.29, 0.717) is 5.69 Å². The van der Waals surface area contributed by atoms with Gasteiger partial charge in [-0.2, -0.15) is 0 Å². The Morgan fingerprint density at radius 1 is 0.833 bits per heavy atom. The summed E-state index contributed by atoms with van der Waals surface area (Å²) < 4.78 is 20.2. The molecule has 1 N–H and O–H groups in total. The first kappa shape index (κ1) is 24.6. The van der Waals surface area contributed by atoms with E-state index in [1.807, 2.05) is 0 Å². The van der Waals surface area contributed by atoms with E-state index in [9.17, 15) is 24.0 Å². The van der Waals surface area contributed by atoms with Crippen LogP contribution in [0, 0.1) is 6.92 Å². The fourth-order valence-corrected chi connectivity index (χ4v) is 2.50. The molecule has 0 aliphatic heterocycles. The number of carbonyl (C=O) groups excluding carboxylic acids is 5. The Balaban J connectivity index is 3.30. The molecule has 0 bridgehead atoms. The average Bonchev–Trinajstić information content (AvgIpc) is 2.62. The third-order valence-electron chi connectivity index (χ3n) is 3.69. The standard InChI is InChI=1S/C20H25NO9/c1-11-8-6-7-9-16(11)21-20(26)19(30-15(5)25)18(29-14(4)24)17(28-13(3)23)10-27-12(2)22/h6-9,17-19H,10H2,1-5H3,(H,21,26)/t17-,18+,19+/m0/s1. The summed E-state index contributed by atoms with van der Waals surface area (Å²) in [5.74, 6) is -3.98. The van der Waals surface area contributed by atoms with Crippen LogP contribution in [-0.4, -0.2) is 54.7 Å². The molecule has 164 valence electrons. The zero-order valence-electron chi connectivity index (χ0n) is 17.4. The third kappa shape index (κ3) is 8.29. The van der Waals surface area contributed by atoms with Gasteiger partial charge in [-0.05, 0) is 18.6 Å². The van der Waals surface area contributed by atoms with Crippen molar-refractivity contribution in [2.45, 2.75) is 52.9 Å². The van der Waals surface area contributed by atoms with Gasteiger partial charge in [0, 0.05) is 33.4 Å². The smallest absolute Gasteiger partial charge is 0.303 e. The number of rotatable bonds is 9. The van der Waals surface area contributed by atoms with Crippen LogP contribution < -0.4 is 5.32 Å². The maximum Gasteiger partial charge on any atom is 0.303 e. The van der Waals surface area contributed by atoms with E-state index in [1.54, 1.807) is 31.2 Å². The van der Waals surface area contributed by atoms with E-state index in [2.05, 4.69) is 5.32 Å². The normalized spacial score (nSPS) is 13.2. The lowest BCUT2D eigenvalue weighted by atomic mass is 10.1. The van der Waals surface area contributed by atoms with Crippen LogP contribution in [0.2, 0.25) is 0 Å². The maximum absolute atomic E-state index is 12.9. The lowest BCUT2D eigenvalue weighted by Crippen LogP contribution is -2.52. The number of esters is 4. The zero-order valence-corrected chi connectivity index (χ0v) is 17.4. The van der Waals surface area contributed by atoms with Crippen molar-refractivity contribution >= 4 is 35.5 Å². The van der Waals surface area contributed by atoms with Gasteiger partial charge in [0.05, 0.1) is 0 Å². The molecule has 0 heterocycles. The summed E-state index contributed by atoms with van der Waals surface area (Å²) >= 11 is 0. The van der Waals surface area contributed by atoms with Gasteiger partial charge in [-0.1, -0.05) is 18.2 Å². The first-order chi connectivity index (χ1) is 14.0. The van der Waals surface area contributed by atoms with Crippen molar-refractivity contribution in [1.82, 2.24) is 0 Å². The minimum absolute atomic E-state index is 0.435. The second-order valence-corrected chi connectivity index (χ2v) is 6.36. The van der Waals surface area contributed by atoms with E-state index in [1.165, 1.54) is 0 Å². The Bertz CT molecular complexity index is 805. The number of ether oxygens (including phenoxy) is 4. The quantitative estimate of drug-likeness (QED) is 0.460. The molecular formula is C20H25NO9. The molecule has 1 aromatic rings. The van der Waals surface area contributed by atoms with Crippen LogP contribution in [0.25, 0.3) is 0 Å². The number of aryl methyl sites for hydroxylation is 1. The lowest BCUT2D eigenvalue weighted by Gasteiger charge is -2.31. The van der Waals surface area contributed by atoms with Crippen molar-refractivity contribution in [3.8, 4) is 0 Å². The van der Waals surface area contributed by atoms with Crippen LogP contribution >= 0.6 is 0 Å². The first-order valence-electron chi connectivity index (χ1n) is 9.02. The summed E-state index contributed by atoms with van der Waals surface area (Å²) in [5.41, 5.74) is 1.16. The Kier molecular flexibility index (Phi) is 9.47. The first-order valence-corrected chi connectivity index (χ1v) is 9.02. The molecular weight excluding hydrogens is 398 g/mol. The zero-order chi connectivity index (χ0) is 22.8. The van der Waals surface area contributed by atoms with Gasteiger partial charge in [-0.25, -0.2) is 0 Å². The van der Waals surface area contributed by atoms with E-state index in [0.717, 1.165) is 33.3 Å². The Morgan fingerprint density at radius 3 is 1.90 bits per heavy atom. The summed E-state index contributed by atoms with van der Waals surface area (Å²) in [6.45, 7) is 5.56. The van der Waals surface area contributed by atoms with Crippen molar-refractivity contribution in [2.24, 2.45) is 0 Å². The second-order valence-electron chi connectivity index (χ2n) is 6.36. The highest BCUT2D eigenvalue weighted by atomic mass is 16.6. The van der Waals surface area contributed by atoms with Gasteiger partial charge in [-0.15, -0.1) is 0 Å². The number of amides is 1. The molecule has 30 heavy (non-hydrogen) atoms. The summed E-state index contributed by atoms with van der Waals surface area (Å²) in [6.07, 6.45) is -4.66. The minimum atomic E-state index is -1.69. The molecule has 0 saturated heterocycles. The second kappa shape index (κ2) is 11.5. The number of hydrogen-bond acceptors (Lipinski definition) is 9. The molecule has 0 spiro atoms. The molecule has 0 aromatic heterocycles. The number of carbonyl (C=O) groups is 5. The van der Waals surface area contributed by atoms with Crippen molar-refractivity contribution < 1.29 is 42.9 Å². The number of nitrogens with one attached hydrogen (secondary N) is 1. The number of para-hydroxylation sites is 1.